The largest absolute Gasteiger partial charge is 0.497 e. The molecule has 0 spiro atoms. The maximum atomic E-state index is 12.8. The minimum atomic E-state index is 0.222. The summed E-state index contributed by atoms with van der Waals surface area (Å²) in [6.07, 6.45) is 8.00. The van der Waals surface area contributed by atoms with E-state index in [-0.39, 0.29) is 5.91 Å². The molecular formula is C20H30N2O2. The summed E-state index contributed by atoms with van der Waals surface area (Å²) in [7, 11) is 3.66. The first-order valence-electron chi connectivity index (χ1n) is 9.31. The highest BCUT2D eigenvalue weighted by atomic mass is 16.5. The zero-order valence-electron chi connectivity index (χ0n) is 15.0. The molecule has 1 heterocycles. The van der Waals surface area contributed by atoms with E-state index in [1.54, 1.807) is 7.11 Å². The molecule has 3 rings (SSSR count). The van der Waals surface area contributed by atoms with E-state index >= 15 is 0 Å². The Morgan fingerprint density at radius 2 is 1.96 bits per heavy atom. The third kappa shape index (κ3) is 3.92. The number of amides is 1. The summed E-state index contributed by atoms with van der Waals surface area (Å²) in [5.74, 6) is 1.04. The summed E-state index contributed by atoms with van der Waals surface area (Å²) in [6, 6.07) is 8.77. The normalized spacial score (nSPS) is 24.8. The van der Waals surface area contributed by atoms with Crippen LogP contribution in [0.5, 0.6) is 5.75 Å². The Balaban J connectivity index is 1.66. The lowest BCUT2D eigenvalue weighted by Crippen LogP contribution is -2.53. The molecule has 1 saturated carbocycles. The number of nitrogens with zero attached hydrogens (tertiary/aromatic N) is 2. The van der Waals surface area contributed by atoms with E-state index in [2.05, 4.69) is 4.90 Å². The van der Waals surface area contributed by atoms with E-state index in [0.717, 1.165) is 17.7 Å². The van der Waals surface area contributed by atoms with Crippen LogP contribution in [0.3, 0.4) is 0 Å². The number of hydrogen-bond donors (Lipinski definition) is 0. The van der Waals surface area contributed by atoms with Crippen molar-refractivity contribution in [2.24, 2.45) is 0 Å². The fraction of sp³-hybridized carbons (Fsp3) is 0.650. The smallest absolute Gasteiger partial charge is 0.227 e. The average Bonchev–Trinajstić information content (AvgIpc) is 3.15. The van der Waals surface area contributed by atoms with E-state index in [1.165, 1.54) is 45.2 Å². The van der Waals surface area contributed by atoms with Gasteiger partial charge in [0, 0.05) is 19.1 Å². The predicted molar refractivity (Wildman–Crippen MR) is 96.3 cm³/mol. The van der Waals surface area contributed by atoms with E-state index in [0.29, 0.717) is 18.5 Å². The maximum Gasteiger partial charge on any atom is 0.227 e. The van der Waals surface area contributed by atoms with Crippen molar-refractivity contribution in [3.05, 3.63) is 29.8 Å². The van der Waals surface area contributed by atoms with Gasteiger partial charge < -0.3 is 9.64 Å². The molecule has 0 aromatic heterocycles. The van der Waals surface area contributed by atoms with Crippen LogP contribution in [0.4, 0.5) is 0 Å². The van der Waals surface area contributed by atoms with Gasteiger partial charge in [0.25, 0.3) is 0 Å². The quantitative estimate of drug-likeness (QED) is 0.832. The molecule has 0 radical (unpaired) electrons. The van der Waals surface area contributed by atoms with E-state index in [4.69, 9.17) is 4.74 Å². The fourth-order valence-corrected chi connectivity index (χ4v) is 4.31. The summed E-state index contributed by atoms with van der Waals surface area (Å²) in [6.45, 7) is 2.41. The Morgan fingerprint density at radius 3 is 2.71 bits per heavy atom. The molecule has 1 saturated heterocycles. The molecule has 1 aliphatic heterocycles. The van der Waals surface area contributed by atoms with Crippen LogP contribution in [0.2, 0.25) is 0 Å². The van der Waals surface area contributed by atoms with Gasteiger partial charge in [0.05, 0.1) is 13.5 Å². The van der Waals surface area contributed by atoms with E-state index in [1.807, 2.05) is 36.2 Å². The number of benzene rings is 1. The molecule has 1 aromatic rings. The zero-order chi connectivity index (χ0) is 16.9. The van der Waals surface area contributed by atoms with Crippen molar-refractivity contribution in [1.29, 1.82) is 0 Å². The van der Waals surface area contributed by atoms with E-state index < -0.39 is 0 Å². The second-order valence-corrected chi connectivity index (χ2v) is 7.20. The average molecular weight is 330 g/mol. The Bertz CT molecular complexity index is 554. The van der Waals surface area contributed by atoms with Gasteiger partial charge in [-0.05, 0) is 56.5 Å². The number of carbonyl (C=O) groups excluding carboxylic acids is 1. The number of likely N-dealkylation sites (N-methyl/N-ethyl adjacent to an activating group) is 1. The van der Waals surface area contributed by atoms with Crippen molar-refractivity contribution in [3.8, 4) is 5.75 Å². The van der Waals surface area contributed by atoms with Crippen LogP contribution in [0.1, 0.15) is 44.1 Å². The van der Waals surface area contributed by atoms with Gasteiger partial charge in [-0.25, -0.2) is 0 Å². The minimum absolute atomic E-state index is 0.222. The molecule has 132 valence electrons. The van der Waals surface area contributed by atoms with Crippen LogP contribution >= 0.6 is 0 Å². The molecule has 4 heteroatoms. The summed E-state index contributed by atoms with van der Waals surface area (Å²) in [4.78, 5) is 17.5. The van der Waals surface area contributed by atoms with Crippen LogP contribution in [0.25, 0.3) is 0 Å². The molecule has 1 unspecified atom stereocenters. The molecule has 1 aliphatic carbocycles. The molecule has 0 bridgehead atoms. The molecule has 2 aliphatic rings. The van der Waals surface area contributed by atoms with Crippen molar-refractivity contribution in [1.82, 2.24) is 9.80 Å². The zero-order valence-corrected chi connectivity index (χ0v) is 15.0. The lowest BCUT2D eigenvalue weighted by molar-refractivity contribution is -0.133. The number of likely N-dealkylation sites (tertiary alicyclic amines) is 1. The fourth-order valence-electron chi connectivity index (χ4n) is 4.31. The Labute approximate surface area is 145 Å². The summed E-state index contributed by atoms with van der Waals surface area (Å²) < 4.78 is 5.27. The van der Waals surface area contributed by atoms with Crippen LogP contribution in [-0.2, 0) is 11.2 Å². The maximum absolute atomic E-state index is 12.8. The van der Waals surface area contributed by atoms with Crippen molar-refractivity contribution >= 4 is 5.91 Å². The minimum Gasteiger partial charge on any atom is -0.497 e. The van der Waals surface area contributed by atoms with Gasteiger partial charge in [-0.2, -0.15) is 0 Å². The summed E-state index contributed by atoms with van der Waals surface area (Å²) >= 11 is 0. The second kappa shape index (κ2) is 8.02. The van der Waals surface area contributed by atoms with Crippen molar-refractivity contribution in [2.45, 2.75) is 57.0 Å². The van der Waals surface area contributed by atoms with Gasteiger partial charge in [-0.15, -0.1) is 0 Å². The van der Waals surface area contributed by atoms with Crippen LogP contribution in [-0.4, -0.2) is 55.0 Å². The van der Waals surface area contributed by atoms with Crippen molar-refractivity contribution in [3.63, 3.8) is 0 Å². The van der Waals surface area contributed by atoms with Crippen LogP contribution in [0, 0.1) is 0 Å². The first kappa shape index (κ1) is 17.3. The Hall–Kier alpha value is -1.55. The molecular weight excluding hydrogens is 300 g/mol. The summed E-state index contributed by atoms with van der Waals surface area (Å²) in [5, 5.41) is 0. The number of rotatable bonds is 5. The molecule has 24 heavy (non-hydrogen) atoms. The molecule has 1 amide bonds. The molecule has 1 aromatic carbocycles. The highest BCUT2D eigenvalue weighted by Crippen LogP contribution is 2.29. The standard InChI is InChI=1S/C20H30N2O2/c1-21(20(23)15-16-8-7-9-17(14-16)24-2)18-10-3-4-11-19(18)22-12-5-6-13-22/h7-9,14,18-19H,3-6,10-13,15H2,1-2H3/t18?,19-/m0/s1. The topological polar surface area (TPSA) is 32.8 Å². The van der Waals surface area contributed by atoms with Gasteiger partial charge in [-0.3, -0.25) is 9.69 Å². The van der Waals surface area contributed by atoms with E-state index in [9.17, 15) is 4.79 Å². The highest BCUT2D eigenvalue weighted by Gasteiger charge is 2.35. The molecule has 2 atom stereocenters. The van der Waals surface area contributed by atoms with Gasteiger partial charge in [0.15, 0.2) is 0 Å². The Kier molecular flexibility index (Phi) is 5.77. The van der Waals surface area contributed by atoms with Gasteiger partial charge >= 0.3 is 0 Å². The first-order valence-corrected chi connectivity index (χ1v) is 9.31. The number of ether oxygens (including phenoxy) is 1. The lowest BCUT2D eigenvalue weighted by atomic mass is 9.88. The van der Waals surface area contributed by atoms with Gasteiger partial charge in [0.1, 0.15) is 5.75 Å². The SMILES string of the molecule is COc1cccc(CC(=O)N(C)C2CCCC[C@@H]2N2CCCC2)c1. The predicted octanol–water partition coefficient (Wildman–Crippen LogP) is 3.10. The number of carbonyl (C=O) groups is 1. The number of hydrogen-bond acceptors (Lipinski definition) is 3. The van der Waals surface area contributed by atoms with Crippen molar-refractivity contribution < 1.29 is 9.53 Å². The van der Waals surface area contributed by atoms with Crippen molar-refractivity contribution in [2.75, 3.05) is 27.2 Å². The molecule has 4 nitrogen and oxygen atoms in total. The first-order chi connectivity index (χ1) is 11.7. The van der Waals surface area contributed by atoms with Crippen LogP contribution < -0.4 is 4.74 Å². The lowest BCUT2D eigenvalue weighted by Gasteiger charge is -2.42. The molecule has 0 N–H and O–H groups in total. The number of methoxy groups -OCH3 is 1. The monoisotopic (exact) mass is 330 g/mol. The third-order valence-corrected chi connectivity index (χ3v) is 5.68. The Morgan fingerprint density at radius 1 is 1.21 bits per heavy atom. The van der Waals surface area contributed by atoms with Gasteiger partial charge in [0.2, 0.25) is 5.91 Å². The third-order valence-electron chi connectivity index (χ3n) is 5.68. The molecule has 2 fully saturated rings. The van der Waals surface area contributed by atoms with Gasteiger partial charge in [-0.1, -0.05) is 25.0 Å². The van der Waals surface area contributed by atoms with Crippen LogP contribution in [0.15, 0.2) is 24.3 Å². The highest BCUT2D eigenvalue weighted by molar-refractivity contribution is 5.79. The second-order valence-electron chi connectivity index (χ2n) is 7.20. The summed E-state index contributed by atoms with van der Waals surface area (Å²) in [5.41, 5.74) is 1.03.